The fourth-order valence-corrected chi connectivity index (χ4v) is 5.94. The molecule has 0 heterocycles. The number of carbonyl (C=O) groups is 2. The molecule has 1 aromatic carbocycles. The smallest absolute Gasteiger partial charge is 0.407 e. The van der Waals surface area contributed by atoms with Gasteiger partial charge in [0.25, 0.3) is 0 Å². The Morgan fingerprint density at radius 1 is 0.721 bits per heavy atom. The normalized spacial score (nSPS) is 16.1. The molecule has 0 bridgehead atoms. The number of rotatable bonds is 25. The molecule has 2 N–H and O–H groups in total. The number of nitrogens with one attached hydrogen (secondary N) is 2. The number of anilines is 1. The van der Waals surface area contributed by atoms with Crippen LogP contribution in [0, 0.1) is 11.8 Å². The highest BCUT2D eigenvalue weighted by molar-refractivity contribution is 5.79. The summed E-state index contributed by atoms with van der Waals surface area (Å²) in [6.07, 6.45) is 27.7. The van der Waals surface area contributed by atoms with E-state index in [2.05, 4.69) is 53.8 Å². The maximum atomic E-state index is 12.9. The van der Waals surface area contributed by atoms with Crippen LogP contribution in [0.1, 0.15) is 129 Å². The average Bonchev–Trinajstić information content (AvgIpc) is 3.04. The van der Waals surface area contributed by atoms with Gasteiger partial charge in [-0.3, -0.25) is 4.79 Å². The summed E-state index contributed by atoms with van der Waals surface area (Å²) in [7, 11) is 2.05. The Kier molecular flexibility index (Phi) is 21.2. The minimum absolute atomic E-state index is 0.0331. The number of benzene rings is 1. The van der Waals surface area contributed by atoms with E-state index in [4.69, 9.17) is 4.74 Å². The lowest BCUT2D eigenvalue weighted by Gasteiger charge is -2.27. The Bertz CT molecular complexity index is 860. The summed E-state index contributed by atoms with van der Waals surface area (Å²) in [6.45, 7) is 4.70. The van der Waals surface area contributed by atoms with E-state index >= 15 is 0 Å². The van der Waals surface area contributed by atoms with Crippen LogP contribution in [0.4, 0.5) is 10.5 Å². The molecule has 0 saturated carbocycles. The van der Waals surface area contributed by atoms with Crippen LogP contribution < -0.4 is 15.5 Å². The predicted octanol–water partition coefficient (Wildman–Crippen LogP) is 9.20. The Hall–Kier alpha value is -2.50. The summed E-state index contributed by atoms with van der Waals surface area (Å²) in [5.74, 6) is 0.00686. The maximum absolute atomic E-state index is 12.9. The number of nitrogens with zero attached hydrogens (tertiary/aromatic N) is 1. The molecule has 0 radical (unpaired) electrons. The molecule has 43 heavy (non-hydrogen) atoms. The molecule has 0 aromatic heterocycles. The summed E-state index contributed by atoms with van der Waals surface area (Å²) in [5.41, 5.74) is 1.16. The van der Waals surface area contributed by atoms with E-state index in [0.29, 0.717) is 13.0 Å². The van der Waals surface area contributed by atoms with Crippen LogP contribution in [-0.4, -0.2) is 45.3 Å². The zero-order chi connectivity index (χ0) is 30.8. The van der Waals surface area contributed by atoms with Crippen molar-refractivity contribution < 1.29 is 14.3 Å². The van der Waals surface area contributed by atoms with Gasteiger partial charge in [-0.2, -0.15) is 0 Å². The van der Waals surface area contributed by atoms with E-state index in [1.54, 1.807) is 0 Å². The molecule has 6 nitrogen and oxygen atoms in total. The van der Waals surface area contributed by atoms with Gasteiger partial charge in [0.05, 0.1) is 6.61 Å². The minimum Gasteiger partial charge on any atom is -0.449 e. The molecule has 0 fully saturated rings. The Labute approximate surface area is 263 Å². The van der Waals surface area contributed by atoms with Gasteiger partial charge in [0.1, 0.15) is 0 Å². The van der Waals surface area contributed by atoms with Crippen molar-refractivity contribution in [2.24, 2.45) is 11.8 Å². The number of ether oxygens (including phenoxy) is 1. The van der Waals surface area contributed by atoms with Gasteiger partial charge in [0, 0.05) is 44.2 Å². The molecule has 2 amide bonds. The molecule has 1 aliphatic rings. The summed E-state index contributed by atoms with van der Waals surface area (Å²) < 4.78 is 5.51. The number of unbranched alkanes of at least 4 members (excludes halogenated alkanes) is 15. The van der Waals surface area contributed by atoms with Crippen LogP contribution in [0.5, 0.6) is 0 Å². The van der Waals surface area contributed by atoms with Crippen molar-refractivity contribution in [1.82, 2.24) is 10.6 Å². The quantitative estimate of drug-likeness (QED) is 0.0871. The second-order valence-corrected chi connectivity index (χ2v) is 12.5. The van der Waals surface area contributed by atoms with Crippen molar-refractivity contribution in [1.29, 1.82) is 0 Å². The van der Waals surface area contributed by atoms with Crippen LogP contribution in [0.3, 0.4) is 0 Å². The molecule has 244 valence electrons. The number of carbonyl (C=O) groups excluding carboxylic acids is 2. The number of para-hydroxylation sites is 1. The summed E-state index contributed by atoms with van der Waals surface area (Å²) >= 11 is 0. The molecule has 1 aliphatic carbocycles. The van der Waals surface area contributed by atoms with Gasteiger partial charge >= 0.3 is 6.09 Å². The van der Waals surface area contributed by atoms with Gasteiger partial charge in [-0.15, -0.1) is 0 Å². The van der Waals surface area contributed by atoms with E-state index in [9.17, 15) is 9.59 Å². The Morgan fingerprint density at radius 3 is 1.86 bits per heavy atom. The fourth-order valence-electron chi connectivity index (χ4n) is 5.94. The van der Waals surface area contributed by atoms with E-state index in [0.717, 1.165) is 38.0 Å². The van der Waals surface area contributed by atoms with Gasteiger partial charge in [-0.1, -0.05) is 134 Å². The minimum atomic E-state index is -0.399. The number of alkyl carbamates (subject to hydrolysis) is 1. The monoisotopic (exact) mass is 597 g/mol. The van der Waals surface area contributed by atoms with E-state index < -0.39 is 6.09 Å². The number of amides is 2. The van der Waals surface area contributed by atoms with Crippen LogP contribution in [0.25, 0.3) is 0 Å². The highest BCUT2D eigenvalue weighted by Gasteiger charge is 2.29. The van der Waals surface area contributed by atoms with Crippen molar-refractivity contribution >= 4 is 17.7 Å². The van der Waals surface area contributed by atoms with E-state index in [-0.39, 0.29) is 24.3 Å². The second-order valence-electron chi connectivity index (χ2n) is 12.5. The summed E-state index contributed by atoms with van der Waals surface area (Å²) in [4.78, 5) is 27.3. The topological polar surface area (TPSA) is 70.7 Å². The van der Waals surface area contributed by atoms with Crippen molar-refractivity contribution in [3.8, 4) is 0 Å². The molecule has 1 aromatic rings. The highest BCUT2D eigenvalue weighted by atomic mass is 16.5. The number of hydrogen-bond donors (Lipinski definition) is 2. The lowest BCUT2D eigenvalue weighted by atomic mass is 9.83. The first-order valence-electron chi connectivity index (χ1n) is 17.7. The van der Waals surface area contributed by atoms with Crippen molar-refractivity contribution in [3.63, 3.8) is 0 Å². The van der Waals surface area contributed by atoms with Crippen LogP contribution >= 0.6 is 0 Å². The maximum Gasteiger partial charge on any atom is 0.407 e. The van der Waals surface area contributed by atoms with Crippen molar-refractivity contribution in [2.45, 2.75) is 129 Å². The molecule has 2 rings (SSSR count). The SMILES string of the molecule is CCCCCCCCCCCCCCCCCCNC(=O)C1CC=CCC1COC(=O)NCCCN(C)c1ccccc1. The molecular weight excluding hydrogens is 534 g/mol. The van der Waals surface area contributed by atoms with Gasteiger partial charge in [-0.25, -0.2) is 4.79 Å². The lowest BCUT2D eigenvalue weighted by molar-refractivity contribution is -0.127. The lowest BCUT2D eigenvalue weighted by Crippen LogP contribution is -2.39. The molecule has 0 aliphatic heterocycles. The summed E-state index contributed by atoms with van der Waals surface area (Å²) in [6, 6.07) is 10.2. The zero-order valence-electron chi connectivity index (χ0n) is 27.6. The zero-order valence-corrected chi connectivity index (χ0v) is 27.6. The molecule has 0 saturated heterocycles. The molecular formula is C37H63N3O3. The molecule has 2 atom stereocenters. The average molecular weight is 598 g/mol. The summed E-state index contributed by atoms with van der Waals surface area (Å²) in [5, 5.41) is 6.01. The first kappa shape index (κ1) is 36.7. The van der Waals surface area contributed by atoms with E-state index in [1.165, 1.54) is 96.3 Å². The Morgan fingerprint density at radius 2 is 1.26 bits per heavy atom. The largest absolute Gasteiger partial charge is 0.449 e. The Balaban J connectivity index is 1.44. The first-order valence-corrected chi connectivity index (χ1v) is 17.7. The van der Waals surface area contributed by atoms with Gasteiger partial charge < -0.3 is 20.3 Å². The van der Waals surface area contributed by atoms with Crippen molar-refractivity contribution in [3.05, 3.63) is 42.5 Å². The molecule has 2 unspecified atom stereocenters. The van der Waals surface area contributed by atoms with Crippen LogP contribution in [0.15, 0.2) is 42.5 Å². The third kappa shape index (κ3) is 18.0. The standard InChI is InChI=1S/C37H63N3O3/c1-3-4-5-6-7-8-9-10-11-12-13-14-15-16-17-23-29-38-36(41)35-28-22-21-25-33(35)32-43-37(42)39-30-24-31-40(2)34-26-19-18-20-27-34/h18-22,26-27,33,35H,3-17,23-25,28-32H2,1-2H3,(H,38,41)(H,39,42). The van der Waals surface area contributed by atoms with Gasteiger partial charge in [-0.05, 0) is 37.8 Å². The molecule has 6 heteroatoms. The van der Waals surface area contributed by atoms with Crippen molar-refractivity contribution in [2.75, 3.05) is 38.2 Å². The van der Waals surface area contributed by atoms with Crippen LogP contribution in [-0.2, 0) is 9.53 Å². The first-order chi connectivity index (χ1) is 21.1. The van der Waals surface area contributed by atoms with Crippen LogP contribution in [0.2, 0.25) is 0 Å². The van der Waals surface area contributed by atoms with E-state index in [1.807, 2.05) is 18.2 Å². The fraction of sp³-hybridized carbons (Fsp3) is 0.730. The number of allylic oxidation sites excluding steroid dienone is 2. The second kappa shape index (κ2) is 24.9. The predicted molar refractivity (Wildman–Crippen MR) is 182 cm³/mol. The third-order valence-corrected chi connectivity index (χ3v) is 8.80. The van der Waals surface area contributed by atoms with Gasteiger partial charge in [0.15, 0.2) is 0 Å². The van der Waals surface area contributed by atoms with Gasteiger partial charge in [0.2, 0.25) is 5.91 Å². The number of hydrogen-bond acceptors (Lipinski definition) is 4. The third-order valence-electron chi connectivity index (χ3n) is 8.80. The highest BCUT2D eigenvalue weighted by Crippen LogP contribution is 2.26. The molecule has 0 spiro atoms.